The highest BCUT2D eigenvalue weighted by atomic mass is 16.5. The van der Waals surface area contributed by atoms with E-state index in [9.17, 15) is 14.4 Å². The average molecular weight is 267 g/mol. The minimum absolute atomic E-state index is 0.0430. The number of hydrogen-bond acceptors (Lipinski definition) is 6. The predicted octanol–water partition coefficient (Wildman–Crippen LogP) is -0.692. The highest BCUT2D eigenvalue weighted by Gasteiger charge is 2.35. The van der Waals surface area contributed by atoms with Crippen molar-refractivity contribution in [2.75, 3.05) is 13.7 Å². The van der Waals surface area contributed by atoms with Gasteiger partial charge >= 0.3 is 0 Å². The Morgan fingerprint density at radius 3 is 3.05 bits per heavy atom. The Labute approximate surface area is 108 Å². The summed E-state index contributed by atoms with van der Waals surface area (Å²) in [4.78, 5) is 36.0. The molecule has 1 saturated heterocycles. The number of carbonyl (C=O) groups is 3. The van der Waals surface area contributed by atoms with Gasteiger partial charge < -0.3 is 14.2 Å². The second-order valence-electron chi connectivity index (χ2n) is 4.13. The Bertz CT molecular complexity index is 524. The highest BCUT2D eigenvalue weighted by molar-refractivity contribution is 6.06. The van der Waals surface area contributed by atoms with Gasteiger partial charge in [0.2, 0.25) is 11.8 Å². The first-order valence-electron chi connectivity index (χ1n) is 5.62. The van der Waals surface area contributed by atoms with E-state index in [-0.39, 0.29) is 18.8 Å². The van der Waals surface area contributed by atoms with Crippen molar-refractivity contribution >= 4 is 17.7 Å². The first kappa shape index (κ1) is 13.2. The van der Waals surface area contributed by atoms with E-state index in [0.717, 1.165) is 4.90 Å². The lowest BCUT2D eigenvalue weighted by Gasteiger charge is -2.30. The average Bonchev–Trinajstić information content (AvgIpc) is 2.82. The van der Waals surface area contributed by atoms with E-state index in [2.05, 4.69) is 10.5 Å². The van der Waals surface area contributed by atoms with Gasteiger partial charge in [-0.3, -0.25) is 19.7 Å². The lowest BCUT2D eigenvalue weighted by atomic mass is 10.2. The zero-order valence-corrected chi connectivity index (χ0v) is 10.5. The van der Waals surface area contributed by atoms with Gasteiger partial charge in [0.25, 0.3) is 5.91 Å². The van der Waals surface area contributed by atoms with Crippen LogP contribution in [-0.4, -0.2) is 47.5 Å². The number of ether oxygens (including phenoxy) is 1. The van der Waals surface area contributed by atoms with Crippen LogP contribution in [0.25, 0.3) is 0 Å². The summed E-state index contributed by atoms with van der Waals surface area (Å²) >= 11 is 0. The Morgan fingerprint density at radius 2 is 2.37 bits per heavy atom. The summed E-state index contributed by atoms with van der Waals surface area (Å²) in [5.41, 5.74) is 0.0430. The van der Waals surface area contributed by atoms with E-state index in [4.69, 9.17) is 9.26 Å². The van der Waals surface area contributed by atoms with Gasteiger partial charge in [0.05, 0.1) is 0 Å². The molecule has 1 aliphatic heterocycles. The summed E-state index contributed by atoms with van der Waals surface area (Å²) in [6.45, 7) is 1.54. The first-order valence-corrected chi connectivity index (χ1v) is 5.62. The molecule has 0 aromatic carbocycles. The molecule has 8 nitrogen and oxygen atoms in total. The maximum absolute atomic E-state index is 12.1. The number of carbonyl (C=O) groups excluding carboxylic acids is 3. The molecule has 19 heavy (non-hydrogen) atoms. The van der Waals surface area contributed by atoms with E-state index in [1.807, 2.05) is 0 Å². The molecule has 1 aromatic rings. The molecule has 102 valence electrons. The van der Waals surface area contributed by atoms with Gasteiger partial charge in [-0.2, -0.15) is 0 Å². The van der Waals surface area contributed by atoms with Gasteiger partial charge in [0, 0.05) is 13.2 Å². The van der Waals surface area contributed by atoms with E-state index < -0.39 is 23.8 Å². The van der Waals surface area contributed by atoms with Gasteiger partial charge in [0.15, 0.2) is 11.5 Å². The largest absolute Gasteiger partial charge is 0.377 e. The Morgan fingerprint density at radius 1 is 1.63 bits per heavy atom. The molecule has 1 unspecified atom stereocenters. The third-order valence-corrected chi connectivity index (χ3v) is 2.75. The van der Waals surface area contributed by atoms with Crippen LogP contribution in [0.5, 0.6) is 0 Å². The second-order valence-corrected chi connectivity index (χ2v) is 4.13. The number of piperazine rings is 1. The molecule has 2 rings (SSSR count). The number of nitrogens with one attached hydrogen (secondary N) is 1. The molecule has 1 fully saturated rings. The zero-order chi connectivity index (χ0) is 14.0. The van der Waals surface area contributed by atoms with E-state index in [1.54, 1.807) is 0 Å². The smallest absolute Gasteiger partial charge is 0.277 e. The number of methoxy groups -OCH3 is 1. The molecule has 2 heterocycles. The summed E-state index contributed by atoms with van der Waals surface area (Å²) in [5.74, 6) is -1.16. The molecule has 0 bridgehead atoms. The Kier molecular flexibility index (Phi) is 3.61. The van der Waals surface area contributed by atoms with Crippen molar-refractivity contribution in [3.8, 4) is 0 Å². The van der Waals surface area contributed by atoms with Crippen molar-refractivity contribution in [1.82, 2.24) is 15.4 Å². The van der Waals surface area contributed by atoms with Crippen LogP contribution in [-0.2, 0) is 20.9 Å². The zero-order valence-electron chi connectivity index (χ0n) is 10.5. The standard InChI is InChI=1S/C11H13N3O5/c1-6-10(16)12-9(15)4-14(6)11(17)8-3-7(5-18-2)19-13-8/h3,6H,4-5H2,1-2H3,(H,12,15,16). The van der Waals surface area contributed by atoms with Crippen LogP contribution < -0.4 is 5.32 Å². The van der Waals surface area contributed by atoms with Crippen molar-refractivity contribution in [2.45, 2.75) is 19.6 Å². The molecule has 3 amide bonds. The van der Waals surface area contributed by atoms with Crippen LogP contribution in [0.4, 0.5) is 0 Å². The highest BCUT2D eigenvalue weighted by Crippen LogP contribution is 2.12. The quantitative estimate of drug-likeness (QED) is 0.727. The Hall–Kier alpha value is -2.22. The van der Waals surface area contributed by atoms with Gasteiger partial charge in [0.1, 0.15) is 19.2 Å². The molecule has 8 heteroatoms. The second kappa shape index (κ2) is 5.19. The summed E-state index contributed by atoms with van der Waals surface area (Å²) in [7, 11) is 1.49. The van der Waals surface area contributed by atoms with E-state index in [1.165, 1.54) is 20.1 Å². The summed E-state index contributed by atoms with van der Waals surface area (Å²) in [6, 6.07) is 0.697. The molecular formula is C11H13N3O5. The minimum Gasteiger partial charge on any atom is -0.377 e. The van der Waals surface area contributed by atoms with Crippen LogP contribution in [0.1, 0.15) is 23.2 Å². The molecular weight excluding hydrogens is 254 g/mol. The number of imide groups is 1. The Balaban J connectivity index is 2.17. The SMILES string of the molecule is COCc1cc(C(=O)N2CC(=O)NC(=O)C2C)no1. The number of hydrogen-bond donors (Lipinski definition) is 1. The monoisotopic (exact) mass is 267 g/mol. The van der Waals surface area contributed by atoms with E-state index in [0.29, 0.717) is 5.76 Å². The fraction of sp³-hybridized carbons (Fsp3) is 0.455. The first-order chi connectivity index (χ1) is 9.02. The predicted molar refractivity (Wildman–Crippen MR) is 60.9 cm³/mol. The van der Waals surface area contributed by atoms with Crippen LogP contribution in [0.3, 0.4) is 0 Å². The van der Waals surface area contributed by atoms with Gasteiger partial charge in [-0.15, -0.1) is 0 Å². The summed E-state index contributed by atoms with van der Waals surface area (Å²) in [5, 5.41) is 5.76. The number of amides is 3. The minimum atomic E-state index is -0.729. The fourth-order valence-electron chi connectivity index (χ4n) is 1.73. The third-order valence-electron chi connectivity index (χ3n) is 2.75. The lowest BCUT2D eigenvalue weighted by Crippen LogP contribution is -2.58. The van der Waals surface area contributed by atoms with Crippen molar-refractivity contribution in [1.29, 1.82) is 0 Å². The number of rotatable bonds is 3. The van der Waals surface area contributed by atoms with Crippen molar-refractivity contribution in [2.24, 2.45) is 0 Å². The molecule has 0 spiro atoms. The van der Waals surface area contributed by atoms with Crippen LogP contribution in [0.15, 0.2) is 10.6 Å². The van der Waals surface area contributed by atoms with Gasteiger partial charge in [-0.25, -0.2) is 0 Å². The van der Waals surface area contributed by atoms with Crippen LogP contribution >= 0.6 is 0 Å². The normalized spacial score (nSPS) is 19.5. The third kappa shape index (κ3) is 2.63. The molecule has 1 aromatic heterocycles. The van der Waals surface area contributed by atoms with Crippen molar-refractivity contribution < 1.29 is 23.6 Å². The van der Waals surface area contributed by atoms with Crippen molar-refractivity contribution in [3.63, 3.8) is 0 Å². The van der Waals surface area contributed by atoms with Crippen LogP contribution in [0, 0.1) is 0 Å². The molecule has 1 aliphatic rings. The number of nitrogens with zero attached hydrogens (tertiary/aromatic N) is 2. The maximum Gasteiger partial charge on any atom is 0.277 e. The molecule has 0 saturated carbocycles. The number of aromatic nitrogens is 1. The van der Waals surface area contributed by atoms with Gasteiger partial charge in [-0.1, -0.05) is 5.16 Å². The molecule has 1 atom stereocenters. The fourth-order valence-corrected chi connectivity index (χ4v) is 1.73. The molecule has 1 N–H and O–H groups in total. The summed E-state index contributed by atoms with van der Waals surface area (Å²) < 4.78 is 9.74. The molecule has 0 aliphatic carbocycles. The van der Waals surface area contributed by atoms with Crippen molar-refractivity contribution in [3.05, 3.63) is 17.5 Å². The molecule has 0 radical (unpaired) electrons. The summed E-state index contributed by atoms with van der Waals surface area (Å²) in [6.07, 6.45) is 0. The topological polar surface area (TPSA) is 102 Å². The van der Waals surface area contributed by atoms with Crippen LogP contribution in [0.2, 0.25) is 0 Å². The lowest BCUT2D eigenvalue weighted by molar-refractivity contribution is -0.138. The maximum atomic E-state index is 12.1. The van der Waals surface area contributed by atoms with E-state index >= 15 is 0 Å². The van der Waals surface area contributed by atoms with Gasteiger partial charge in [-0.05, 0) is 6.92 Å².